The summed E-state index contributed by atoms with van der Waals surface area (Å²) in [6, 6.07) is 7.35. The summed E-state index contributed by atoms with van der Waals surface area (Å²) in [5, 5.41) is -0.371. The zero-order valence-electron chi connectivity index (χ0n) is 12.6. The highest BCUT2D eigenvalue weighted by Crippen LogP contribution is 2.51. The average molecular weight is 320 g/mol. The molecule has 0 saturated heterocycles. The van der Waals surface area contributed by atoms with Gasteiger partial charge in [-0.1, -0.05) is 29.8 Å². The number of allylic oxidation sites excluding steroid dienone is 2. The molecule has 116 valence electrons. The second-order valence-electron chi connectivity index (χ2n) is 5.76. The number of nitrogens with zero attached hydrogens (tertiary/aromatic N) is 1. The number of para-hydroxylation sites is 1. The van der Waals surface area contributed by atoms with Gasteiger partial charge in [-0.2, -0.15) is 0 Å². The maximum Gasteiger partial charge on any atom is 0.421 e. The maximum absolute atomic E-state index is 13.1. The molecule has 0 saturated carbocycles. The van der Waals surface area contributed by atoms with Crippen LogP contribution >= 0.6 is 11.6 Å². The predicted molar refractivity (Wildman–Crippen MR) is 85.3 cm³/mol. The van der Waals surface area contributed by atoms with Crippen LogP contribution in [0.3, 0.4) is 0 Å². The number of carbonyl (C=O) groups is 2. The summed E-state index contributed by atoms with van der Waals surface area (Å²) in [4.78, 5) is 26.5. The lowest BCUT2D eigenvalue weighted by Gasteiger charge is -2.36. The average Bonchev–Trinajstić information content (AvgIpc) is 2.74. The third-order valence-corrected chi connectivity index (χ3v) is 4.98. The number of rotatable bonds is 1. The molecule has 0 N–H and O–H groups in total. The number of alkyl halides is 1. The summed E-state index contributed by atoms with van der Waals surface area (Å²) in [5.41, 5.74) is 1.65. The van der Waals surface area contributed by atoms with E-state index in [0.717, 1.165) is 16.0 Å². The number of hydrogen-bond acceptors (Lipinski definition) is 3. The second kappa shape index (κ2) is 5.43. The second-order valence-corrected chi connectivity index (χ2v) is 6.29. The zero-order chi connectivity index (χ0) is 15.9. The fourth-order valence-electron chi connectivity index (χ4n) is 3.44. The largest absolute Gasteiger partial charge is 0.449 e. The molecule has 0 aromatic heterocycles. The number of amides is 2. The van der Waals surface area contributed by atoms with Crippen molar-refractivity contribution in [1.82, 2.24) is 0 Å². The quantitative estimate of drug-likeness (QED) is 0.584. The standard InChI is InChI=1S/C17H18ClNO3/c1-3-22-16(21)19-13-7-5-4-6-12(13)17(15(19)20)10-11(2)8-9-14(17)18/h4-8,14H,3,9-10H2,1-2H3/t14-,17+/m0/s1. The molecule has 1 aromatic carbocycles. The van der Waals surface area contributed by atoms with Gasteiger partial charge in [0.25, 0.3) is 0 Å². The first kappa shape index (κ1) is 15.1. The van der Waals surface area contributed by atoms with Crippen LogP contribution in [0.25, 0.3) is 0 Å². The molecule has 22 heavy (non-hydrogen) atoms. The van der Waals surface area contributed by atoms with Crippen LogP contribution in [0.5, 0.6) is 0 Å². The molecular weight excluding hydrogens is 302 g/mol. The van der Waals surface area contributed by atoms with Crippen molar-refractivity contribution in [2.45, 2.75) is 37.5 Å². The van der Waals surface area contributed by atoms with Crippen molar-refractivity contribution in [3.63, 3.8) is 0 Å². The number of anilines is 1. The topological polar surface area (TPSA) is 46.6 Å². The third-order valence-electron chi connectivity index (χ3n) is 4.43. The SMILES string of the molecule is CCOC(=O)N1C(=O)[C@]2(CC(C)=CC[C@@H]2Cl)c2ccccc21. The van der Waals surface area contributed by atoms with Crippen molar-refractivity contribution in [1.29, 1.82) is 0 Å². The lowest BCUT2D eigenvalue weighted by atomic mass is 9.70. The molecule has 0 fully saturated rings. The highest BCUT2D eigenvalue weighted by atomic mass is 35.5. The number of carbonyl (C=O) groups excluding carboxylic acids is 2. The van der Waals surface area contributed by atoms with E-state index in [2.05, 4.69) is 6.08 Å². The summed E-state index contributed by atoms with van der Waals surface area (Å²) in [6.45, 7) is 3.94. The molecule has 2 aliphatic rings. The van der Waals surface area contributed by atoms with E-state index >= 15 is 0 Å². The van der Waals surface area contributed by atoms with E-state index in [0.29, 0.717) is 18.5 Å². The molecule has 5 heteroatoms. The van der Waals surface area contributed by atoms with Gasteiger partial charge in [0, 0.05) is 0 Å². The Morgan fingerprint density at radius 1 is 1.45 bits per heavy atom. The van der Waals surface area contributed by atoms with Gasteiger partial charge in [-0.25, -0.2) is 9.69 Å². The van der Waals surface area contributed by atoms with Crippen LogP contribution < -0.4 is 4.90 Å². The first-order valence-electron chi connectivity index (χ1n) is 7.43. The van der Waals surface area contributed by atoms with Gasteiger partial charge in [0.15, 0.2) is 0 Å². The van der Waals surface area contributed by atoms with E-state index in [1.807, 2.05) is 25.1 Å². The first-order valence-corrected chi connectivity index (χ1v) is 7.86. The monoisotopic (exact) mass is 319 g/mol. The van der Waals surface area contributed by atoms with Crippen molar-refractivity contribution in [2.24, 2.45) is 0 Å². The van der Waals surface area contributed by atoms with Crippen LogP contribution in [0.1, 0.15) is 32.3 Å². The molecule has 4 nitrogen and oxygen atoms in total. The lowest BCUT2D eigenvalue weighted by molar-refractivity contribution is -0.123. The molecule has 1 spiro atoms. The number of ether oxygens (including phenoxy) is 1. The summed E-state index contributed by atoms with van der Waals surface area (Å²) in [5.74, 6) is -0.278. The molecule has 0 bridgehead atoms. The molecule has 0 radical (unpaired) electrons. The Morgan fingerprint density at radius 3 is 2.91 bits per heavy atom. The number of halogens is 1. The normalized spacial score (nSPS) is 26.9. The van der Waals surface area contributed by atoms with E-state index < -0.39 is 11.5 Å². The minimum Gasteiger partial charge on any atom is -0.449 e. The Kier molecular flexibility index (Phi) is 3.73. The van der Waals surface area contributed by atoms with Crippen LogP contribution in [0.15, 0.2) is 35.9 Å². The van der Waals surface area contributed by atoms with Crippen LogP contribution in [-0.4, -0.2) is 24.0 Å². The number of imide groups is 1. The van der Waals surface area contributed by atoms with Crippen molar-refractivity contribution >= 4 is 29.3 Å². The molecular formula is C17H18ClNO3. The van der Waals surface area contributed by atoms with Crippen LogP contribution in [0, 0.1) is 0 Å². The molecule has 1 aliphatic heterocycles. The summed E-state index contributed by atoms with van der Waals surface area (Å²) in [6.07, 6.45) is 2.58. The van der Waals surface area contributed by atoms with Crippen molar-refractivity contribution < 1.29 is 14.3 Å². The van der Waals surface area contributed by atoms with Gasteiger partial charge in [-0.3, -0.25) is 4.79 Å². The predicted octanol–water partition coefficient (Wildman–Crippen LogP) is 3.78. The lowest BCUT2D eigenvalue weighted by Crippen LogP contribution is -2.49. The molecule has 1 aliphatic carbocycles. The number of hydrogen-bond donors (Lipinski definition) is 0. The van der Waals surface area contributed by atoms with Gasteiger partial charge in [0.05, 0.1) is 23.1 Å². The maximum atomic E-state index is 13.1. The van der Waals surface area contributed by atoms with Gasteiger partial charge in [-0.05, 0) is 38.3 Å². The van der Waals surface area contributed by atoms with Crippen molar-refractivity contribution in [3.8, 4) is 0 Å². The summed E-state index contributed by atoms with van der Waals surface area (Å²) in [7, 11) is 0. The molecule has 2 amide bonds. The molecule has 0 unspecified atom stereocenters. The summed E-state index contributed by atoms with van der Waals surface area (Å²) < 4.78 is 5.06. The Bertz CT molecular complexity index is 670. The highest BCUT2D eigenvalue weighted by Gasteiger charge is 2.57. The Hall–Kier alpha value is -1.81. The van der Waals surface area contributed by atoms with E-state index in [-0.39, 0.29) is 17.9 Å². The van der Waals surface area contributed by atoms with Crippen molar-refractivity contribution in [2.75, 3.05) is 11.5 Å². The van der Waals surface area contributed by atoms with Gasteiger partial charge in [-0.15, -0.1) is 11.6 Å². The van der Waals surface area contributed by atoms with E-state index in [1.165, 1.54) is 0 Å². The highest BCUT2D eigenvalue weighted by molar-refractivity contribution is 6.29. The Labute approximate surface area is 134 Å². The van der Waals surface area contributed by atoms with Crippen molar-refractivity contribution in [3.05, 3.63) is 41.5 Å². The smallest absolute Gasteiger partial charge is 0.421 e. The molecule has 3 rings (SSSR count). The minimum atomic E-state index is -0.871. The van der Waals surface area contributed by atoms with Gasteiger partial charge in [0.2, 0.25) is 5.91 Å². The molecule has 1 aromatic rings. The van der Waals surface area contributed by atoms with E-state index in [4.69, 9.17) is 16.3 Å². The van der Waals surface area contributed by atoms with E-state index in [9.17, 15) is 9.59 Å². The Balaban J connectivity index is 2.16. The first-order chi connectivity index (χ1) is 10.5. The van der Waals surface area contributed by atoms with Gasteiger partial charge >= 0.3 is 6.09 Å². The van der Waals surface area contributed by atoms with Gasteiger partial charge < -0.3 is 4.74 Å². The minimum absolute atomic E-state index is 0.223. The van der Waals surface area contributed by atoms with Gasteiger partial charge in [0.1, 0.15) is 0 Å². The van der Waals surface area contributed by atoms with Crippen LogP contribution in [0.4, 0.5) is 10.5 Å². The Morgan fingerprint density at radius 2 is 2.18 bits per heavy atom. The van der Waals surface area contributed by atoms with Crippen LogP contribution in [0.2, 0.25) is 0 Å². The third kappa shape index (κ3) is 1.97. The fraction of sp³-hybridized carbons (Fsp3) is 0.412. The summed E-state index contributed by atoms with van der Waals surface area (Å²) >= 11 is 6.57. The molecule has 1 heterocycles. The van der Waals surface area contributed by atoms with E-state index in [1.54, 1.807) is 13.0 Å². The number of benzene rings is 1. The molecule has 2 atom stereocenters. The zero-order valence-corrected chi connectivity index (χ0v) is 13.4. The number of fused-ring (bicyclic) bond motifs is 2. The van der Waals surface area contributed by atoms with Crippen LogP contribution in [-0.2, 0) is 14.9 Å². The fourth-order valence-corrected chi connectivity index (χ4v) is 3.82.